The molecule has 2 rings (SSSR count). The van der Waals surface area contributed by atoms with Gasteiger partial charge >= 0.3 is 0 Å². The van der Waals surface area contributed by atoms with Crippen LogP contribution in [-0.2, 0) is 13.6 Å². The van der Waals surface area contributed by atoms with Crippen LogP contribution in [-0.4, -0.2) is 21.7 Å². The molecule has 1 saturated carbocycles. The summed E-state index contributed by atoms with van der Waals surface area (Å²) in [5.41, 5.74) is 1.25. The van der Waals surface area contributed by atoms with Crippen LogP contribution in [0.3, 0.4) is 0 Å². The zero-order valence-corrected chi connectivity index (χ0v) is 9.87. The van der Waals surface area contributed by atoms with Crippen molar-refractivity contribution < 1.29 is 0 Å². The van der Waals surface area contributed by atoms with Crippen molar-refractivity contribution in [1.82, 2.24) is 15.1 Å². The van der Waals surface area contributed by atoms with Crippen molar-refractivity contribution in [3.63, 3.8) is 0 Å². The van der Waals surface area contributed by atoms with E-state index in [9.17, 15) is 0 Å². The van der Waals surface area contributed by atoms with Crippen molar-refractivity contribution in [2.75, 3.05) is 6.54 Å². The van der Waals surface area contributed by atoms with Gasteiger partial charge in [-0.1, -0.05) is 0 Å². The number of hydrogen-bond donors (Lipinski definition) is 1. The molecule has 0 aromatic carbocycles. The second kappa shape index (κ2) is 4.99. The summed E-state index contributed by atoms with van der Waals surface area (Å²) in [5, 5.41) is 8.01. The first-order valence-corrected chi connectivity index (χ1v) is 6.00. The lowest BCUT2D eigenvalue weighted by Gasteiger charge is -2.09. The molecule has 1 aromatic heterocycles. The first-order valence-electron chi connectivity index (χ1n) is 5.56. The van der Waals surface area contributed by atoms with Gasteiger partial charge in [-0.2, -0.15) is 5.10 Å². The highest BCUT2D eigenvalue weighted by molar-refractivity contribution is 6.20. The number of aryl methyl sites for hydroxylation is 1. The number of nitrogens with one attached hydrogen (secondary N) is 1. The molecule has 2 atom stereocenters. The minimum Gasteiger partial charge on any atom is -0.312 e. The fourth-order valence-electron chi connectivity index (χ4n) is 2.18. The van der Waals surface area contributed by atoms with Gasteiger partial charge in [0.25, 0.3) is 0 Å². The summed E-state index contributed by atoms with van der Waals surface area (Å²) in [6, 6.07) is 0. The van der Waals surface area contributed by atoms with Gasteiger partial charge in [-0.15, -0.1) is 11.6 Å². The standard InChI is InChI=1S/C11H18ClN3/c1-15-8-10(7-14-15)6-13-5-9-2-3-11(12)4-9/h7-9,11,13H,2-6H2,1H3. The van der Waals surface area contributed by atoms with Crippen LogP contribution in [0.15, 0.2) is 12.4 Å². The van der Waals surface area contributed by atoms with E-state index in [-0.39, 0.29) is 0 Å². The smallest absolute Gasteiger partial charge is 0.0534 e. The number of nitrogens with zero attached hydrogens (tertiary/aromatic N) is 2. The van der Waals surface area contributed by atoms with Crippen molar-refractivity contribution in [1.29, 1.82) is 0 Å². The Labute approximate surface area is 95.8 Å². The molecule has 1 fully saturated rings. The second-order valence-electron chi connectivity index (χ2n) is 4.43. The van der Waals surface area contributed by atoms with Crippen LogP contribution in [0.2, 0.25) is 0 Å². The van der Waals surface area contributed by atoms with Crippen molar-refractivity contribution >= 4 is 11.6 Å². The van der Waals surface area contributed by atoms with E-state index in [4.69, 9.17) is 11.6 Å². The van der Waals surface area contributed by atoms with E-state index in [2.05, 4.69) is 10.4 Å². The normalized spacial score (nSPS) is 26.0. The van der Waals surface area contributed by atoms with E-state index < -0.39 is 0 Å². The van der Waals surface area contributed by atoms with Gasteiger partial charge in [0.2, 0.25) is 0 Å². The number of hydrogen-bond acceptors (Lipinski definition) is 2. The molecule has 0 bridgehead atoms. The Kier molecular flexibility index (Phi) is 3.65. The maximum atomic E-state index is 6.07. The molecule has 1 aliphatic carbocycles. The van der Waals surface area contributed by atoms with E-state index >= 15 is 0 Å². The van der Waals surface area contributed by atoms with Crippen LogP contribution >= 0.6 is 11.6 Å². The molecule has 15 heavy (non-hydrogen) atoms. The SMILES string of the molecule is Cn1cc(CNCC2CCC(Cl)C2)cn1. The third kappa shape index (κ3) is 3.21. The summed E-state index contributed by atoms with van der Waals surface area (Å²) >= 11 is 6.07. The van der Waals surface area contributed by atoms with Crippen molar-refractivity contribution in [3.8, 4) is 0 Å². The summed E-state index contributed by atoms with van der Waals surface area (Å²) in [7, 11) is 1.94. The number of halogens is 1. The molecule has 84 valence electrons. The molecule has 3 nitrogen and oxygen atoms in total. The fraction of sp³-hybridized carbons (Fsp3) is 0.727. The van der Waals surface area contributed by atoms with Crippen molar-refractivity contribution in [3.05, 3.63) is 18.0 Å². The average molecular weight is 228 g/mol. The third-order valence-corrected chi connectivity index (χ3v) is 3.39. The van der Waals surface area contributed by atoms with Gasteiger partial charge in [-0.3, -0.25) is 4.68 Å². The number of alkyl halides is 1. The Morgan fingerprint density at radius 3 is 3.07 bits per heavy atom. The Morgan fingerprint density at radius 2 is 2.47 bits per heavy atom. The molecular formula is C11H18ClN3. The van der Waals surface area contributed by atoms with Gasteiger partial charge in [-0.05, 0) is 31.7 Å². The molecule has 0 saturated heterocycles. The van der Waals surface area contributed by atoms with Crippen LogP contribution in [0.4, 0.5) is 0 Å². The van der Waals surface area contributed by atoms with Crippen LogP contribution in [0.5, 0.6) is 0 Å². The zero-order valence-electron chi connectivity index (χ0n) is 9.12. The first-order chi connectivity index (χ1) is 7.24. The van der Waals surface area contributed by atoms with Crippen LogP contribution < -0.4 is 5.32 Å². The van der Waals surface area contributed by atoms with E-state index in [1.54, 1.807) is 0 Å². The highest BCUT2D eigenvalue weighted by atomic mass is 35.5. The Bertz CT molecular complexity index is 311. The molecule has 1 aliphatic rings. The summed E-state index contributed by atoms with van der Waals surface area (Å²) in [4.78, 5) is 0. The Morgan fingerprint density at radius 1 is 1.60 bits per heavy atom. The van der Waals surface area contributed by atoms with Crippen LogP contribution in [0, 0.1) is 5.92 Å². The molecule has 0 amide bonds. The molecule has 1 heterocycles. The third-order valence-electron chi connectivity index (χ3n) is 3.00. The highest BCUT2D eigenvalue weighted by Gasteiger charge is 2.22. The first kappa shape index (κ1) is 11.0. The van der Waals surface area contributed by atoms with Gasteiger partial charge in [0.05, 0.1) is 6.20 Å². The van der Waals surface area contributed by atoms with Crippen molar-refractivity contribution in [2.45, 2.75) is 31.2 Å². The maximum Gasteiger partial charge on any atom is 0.0534 e. The predicted octanol–water partition coefficient (Wildman–Crippen LogP) is 1.92. The average Bonchev–Trinajstić information content (AvgIpc) is 2.76. The topological polar surface area (TPSA) is 29.9 Å². The molecule has 2 unspecified atom stereocenters. The molecule has 0 aliphatic heterocycles. The molecule has 0 spiro atoms. The largest absolute Gasteiger partial charge is 0.312 e. The summed E-state index contributed by atoms with van der Waals surface area (Å²) in [6.45, 7) is 2.00. The number of aromatic nitrogens is 2. The molecule has 4 heteroatoms. The molecular weight excluding hydrogens is 210 g/mol. The van der Waals surface area contributed by atoms with E-state index in [0.717, 1.165) is 19.0 Å². The Hall–Kier alpha value is -0.540. The minimum atomic E-state index is 0.412. The van der Waals surface area contributed by atoms with Crippen LogP contribution in [0.1, 0.15) is 24.8 Å². The van der Waals surface area contributed by atoms with E-state index in [1.807, 2.05) is 24.1 Å². The van der Waals surface area contributed by atoms with Gasteiger partial charge in [0, 0.05) is 30.7 Å². The number of rotatable bonds is 4. The zero-order chi connectivity index (χ0) is 10.7. The second-order valence-corrected chi connectivity index (χ2v) is 5.05. The fourth-order valence-corrected chi connectivity index (χ4v) is 2.56. The van der Waals surface area contributed by atoms with Gasteiger partial charge < -0.3 is 5.32 Å². The van der Waals surface area contributed by atoms with Gasteiger partial charge in [-0.25, -0.2) is 0 Å². The maximum absolute atomic E-state index is 6.07. The lowest BCUT2D eigenvalue weighted by molar-refractivity contribution is 0.490. The monoisotopic (exact) mass is 227 g/mol. The summed E-state index contributed by atoms with van der Waals surface area (Å²) < 4.78 is 1.83. The van der Waals surface area contributed by atoms with Crippen LogP contribution in [0.25, 0.3) is 0 Å². The van der Waals surface area contributed by atoms with E-state index in [0.29, 0.717) is 5.38 Å². The Balaban J connectivity index is 1.67. The quantitative estimate of drug-likeness (QED) is 0.797. The minimum absolute atomic E-state index is 0.412. The molecule has 0 radical (unpaired) electrons. The molecule has 1 aromatic rings. The van der Waals surface area contributed by atoms with Gasteiger partial charge in [0.15, 0.2) is 0 Å². The molecule has 1 N–H and O–H groups in total. The van der Waals surface area contributed by atoms with Gasteiger partial charge in [0.1, 0.15) is 0 Å². The van der Waals surface area contributed by atoms with E-state index in [1.165, 1.54) is 24.8 Å². The lowest BCUT2D eigenvalue weighted by Crippen LogP contribution is -2.20. The summed E-state index contributed by atoms with van der Waals surface area (Å²) in [6.07, 6.45) is 7.58. The summed E-state index contributed by atoms with van der Waals surface area (Å²) in [5.74, 6) is 0.768. The highest BCUT2D eigenvalue weighted by Crippen LogP contribution is 2.28. The van der Waals surface area contributed by atoms with Crippen molar-refractivity contribution in [2.24, 2.45) is 13.0 Å². The lowest BCUT2D eigenvalue weighted by atomic mass is 10.1. The predicted molar refractivity (Wildman–Crippen MR) is 61.9 cm³/mol.